The summed E-state index contributed by atoms with van der Waals surface area (Å²) < 4.78 is 0. The van der Waals surface area contributed by atoms with E-state index in [4.69, 9.17) is 28.3 Å². The number of hydrogen-bond donors (Lipinski definition) is 1. The second-order valence-electron chi connectivity index (χ2n) is 4.05. The molecule has 1 rings (SSSR count). The molecule has 0 aromatic heterocycles. The average Bonchev–Trinajstić information content (AvgIpc) is 2.27. The Morgan fingerprint density at radius 2 is 2.00 bits per heavy atom. The molecule has 0 radical (unpaired) electrons. The Hall–Kier alpha value is -1.26. The number of carbonyl (C=O) groups excluding carboxylic acids is 1. The molecular formula is C12H13Cl2NO3. The third-order valence-electron chi connectivity index (χ3n) is 2.48. The van der Waals surface area contributed by atoms with E-state index in [0.717, 1.165) is 0 Å². The van der Waals surface area contributed by atoms with E-state index in [2.05, 4.69) is 0 Å². The Balaban J connectivity index is 2.83. The second-order valence-corrected chi connectivity index (χ2v) is 4.89. The van der Waals surface area contributed by atoms with Gasteiger partial charge in [-0.1, -0.05) is 30.1 Å². The van der Waals surface area contributed by atoms with Crippen LogP contribution in [-0.2, 0) is 4.79 Å². The zero-order chi connectivity index (χ0) is 13.9. The van der Waals surface area contributed by atoms with Crippen LogP contribution in [0, 0.1) is 5.92 Å². The highest BCUT2D eigenvalue weighted by Crippen LogP contribution is 2.22. The van der Waals surface area contributed by atoms with Gasteiger partial charge in [0, 0.05) is 18.6 Å². The Morgan fingerprint density at radius 3 is 2.50 bits per heavy atom. The molecule has 4 nitrogen and oxygen atoms in total. The monoisotopic (exact) mass is 289 g/mol. The van der Waals surface area contributed by atoms with Gasteiger partial charge in [-0.2, -0.15) is 0 Å². The van der Waals surface area contributed by atoms with Gasteiger partial charge in [-0.3, -0.25) is 9.59 Å². The van der Waals surface area contributed by atoms with Crippen molar-refractivity contribution < 1.29 is 14.7 Å². The van der Waals surface area contributed by atoms with Gasteiger partial charge < -0.3 is 10.0 Å². The molecule has 0 aliphatic rings. The molecule has 0 aliphatic heterocycles. The third kappa shape index (κ3) is 3.62. The van der Waals surface area contributed by atoms with Gasteiger partial charge >= 0.3 is 5.97 Å². The highest BCUT2D eigenvalue weighted by Gasteiger charge is 2.20. The molecule has 0 heterocycles. The van der Waals surface area contributed by atoms with Crippen LogP contribution in [-0.4, -0.2) is 35.5 Å². The van der Waals surface area contributed by atoms with Crippen molar-refractivity contribution in [2.75, 3.05) is 13.6 Å². The molecule has 1 aromatic rings. The van der Waals surface area contributed by atoms with Crippen molar-refractivity contribution >= 4 is 35.1 Å². The minimum atomic E-state index is -0.947. The molecule has 0 bridgehead atoms. The molecule has 1 N–H and O–H groups in total. The van der Waals surface area contributed by atoms with E-state index in [1.807, 2.05) is 0 Å². The molecule has 0 saturated heterocycles. The average molecular weight is 290 g/mol. The van der Waals surface area contributed by atoms with Crippen LogP contribution in [0.25, 0.3) is 0 Å². The number of benzene rings is 1. The summed E-state index contributed by atoms with van der Waals surface area (Å²) >= 11 is 11.7. The number of carbonyl (C=O) groups is 2. The SMILES string of the molecule is CC(CN(C)C(=O)c1ccc(Cl)cc1Cl)C(=O)O. The molecular weight excluding hydrogens is 277 g/mol. The van der Waals surface area contributed by atoms with Crippen molar-refractivity contribution in [2.24, 2.45) is 5.92 Å². The topological polar surface area (TPSA) is 57.6 Å². The van der Waals surface area contributed by atoms with Crippen LogP contribution in [0.5, 0.6) is 0 Å². The van der Waals surface area contributed by atoms with E-state index >= 15 is 0 Å². The summed E-state index contributed by atoms with van der Waals surface area (Å²) in [5.74, 6) is -1.91. The van der Waals surface area contributed by atoms with E-state index in [-0.39, 0.29) is 17.5 Å². The number of aliphatic carboxylic acids is 1. The molecule has 1 unspecified atom stereocenters. The van der Waals surface area contributed by atoms with Gasteiger partial charge in [0.2, 0.25) is 0 Å². The highest BCUT2D eigenvalue weighted by molar-refractivity contribution is 6.36. The number of carboxylic acid groups (broad SMARTS) is 1. The molecule has 0 aliphatic carbocycles. The zero-order valence-corrected chi connectivity index (χ0v) is 11.5. The van der Waals surface area contributed by atoms with E-state index in [1.54, 1.807) is 6.07 Å². The van der Waals surface area contributed by atoms with Gasteiger partial charge in [-0.25, -0.2) is 0 Å². The first-order valence-corrected chi connectivity index (χ1v) is 6.02. The summed E-state index contributed by atoms with van der Waals surface area (Å²) in [4.78, 5) is 24.1. The van der Waals surface area contributed by atoms with Gasteiger partial charge in [0.05, 0.1) is 16.5 Å². The Bertz CT molecular complexity index is 476. The molecule has 18 heavy (non-hydrogen) atoms. The largest absolute Gasteiger partial charge is 0.481 e. The first kappa shape index (κ1) is 14.8. The highest BCUT2D eigenvalue weighted by atomic mass is 35.5. The predicted octanol–water partition coefficient (Wildman–Crippen LogP) is 2.79. The number of amides is 1. The fourth-order valence-electron chi connectivity index (χ4n) is 1.44. The molecule has 0 saturated carbocycles. The number of hydrogen-bond acceptors (Lipinski definition) is 2. The standard InChI is InChI=1S/C12H13Cl2NO3/c1-7(12(17)18)6-15(2)11(16)9-4-3-8(13)5-10(9)14/h3-5,7H,6H2,1-2H3,(H,17,18). The van der Waals surface area contributed by atoms with Crippen LogP contribution >= 0.6 is 23.2 Å². The normalized spacial score (nSPS) is 12.0. The Morgan fingerprint density at radius 1 is 1.39 bits per heavy atom. The minimum Gasteiger partial charge on any atom is -0.481 e. The molecule has 1 amide bonds. The Kier molecular flexibility index (Phi) is 4.99. The molecule has 98 valence electrons. The van der Waals surface area contributed by atoms with Gasteiger partial charge in [-0.05, 0) is 18.2 Å². The van der Waals surface area contributed by atoms with E-state index in [0.29, 0.717) is 10.6 Å². The lowest BCUT2D eigenvalue weighted by atomic mass is 10.1. The first-order valence-electron chi connectivity index (χ1n) is 5.26. The number of carboxylic acids is 1. The molecule has 0 spiro atoms. The minimum absolute atomic E-state index is 0.118. The quantitative estimate of drug-likeness (QED) is 0.927. The van der Waals surface area contributed by atoms with Crippen LogP contribution in [0.2, 0.25) is 10.0 Å². The maximum absolute atomic E-state index is 12.0. The zero-order valence-electron chi connectivity index (χ0n) is 9.98. The molecule has 1 atom stereocenters. The summed E-state index contributed by atoms with van der Waals surface area (Å²) in [6.45, 7) is 1.66. The summed E-state index contributed by atoms with van der Waals surface area (Å²) in [6.07, 6.45) is 0. The van der Waals surface area contributed by atoms with Crippen LogP contribution in [0.1, 0.15) is 17.3 Å². The lowest BCUT2D eigenvalue weighted by molar-refractivity contribution is -0.141. The molecule has 6 heteroatoms. The van der Waals surface area contributed by atoms with Crippen molar-refractivity contribution in [3.63, 3.8) is 0 Å². The maximum atomic E-state index is 12.0. The van der Waals surface area contributed by atoms with Gasteiger partial charge in [0.15, 0.2) is 0 Å². The second kappa shape index (κ2) is 6.07. The van der Waals surface area contributed by atoms with Crippen molar-refractivity contribution in [1.82, 2.24) is 4.90 Å². The van der Waals surface area contributed by atoms with E-state index in [1.165, 1.54) is 31.0 Å². The maximum Gasteiger partial charge on any atom is 0.308 e. The van der Waals surface area contributed by atoms with Crippen molar-refractivity contribution in [1.29, 1.82) is 0 Å². The van der Waals surface area contributed by atoms with Crippen LogP contribution < -0.4 is 0 Å². The van der Waals surface area contributed by atoms with Crippen LogP contribution in [0.4, 0.5) is 0 Å². The number of rotatable bonds is 4. The van der Waals surface area contributed by atoms with Crippen molar-refractivity contribution in [3.8, 4) is 0 Å². The lowest BCUT2D eigenvalue weighted by Gasteiger charge is -2.20. The third-order valence-corrected chi connectivity index (χ3v) is 3.03. The first-order chi connectivity index (χ1) is 8.32. The smallest absolute Gasteiger partial charge is 0.308 e. The van der Waals surface area contributed by atoms with Gasteiger partial charge in [0.25, 0.3) is 5.91 Å². The predicted molar refractivity (Wildman–Crippen MR) is 70.2 cm³/mol. The number of nitrogens with zero attached hydrogens (tertiary/aromatic N) is 1. The lowest BCUT2D eigenvalue weighted by Crippen LogP contribution is -2.33. The number of halogens is 2. The summed E-state index contributed by atoms with van der Waals surface area (Å²) in [7, 11) is 1.53. The van der Waals surface area contributed by atoms with Crippen molar-refractivity contribution in [2.45, 2.75) is 6.92 Å². The molecule has 0 fully saturated rings. The van der Waals surface area contributed by atoms with E-state index in [9.17, 15) is 9.59 Å². The summed E-state index contributed by atoms with van der Waals surface area (Å²) in [5.41, 5.74) is 0.307. The molecule has 1 aromatic carbocycles. The van der Waals surface area contributed by atoms with Gasteiger partial charge in [-0.15, -0.1) is 0 Å². The fourth-order valence-corrected chi connectivity index (χ4v) is 1.93. The fraction of sp³-hybridized carbons (Fsp3) is 0.333. The van der Waals surface area contributed by atoms with Crippen LogP contribution in [0.15, 0.2) is 18.2 Å². The summed E-state index contributed by atoms with van der Waals surface area (Å²) in [5, 5.41) is 9.49. The van der Waals surface area contributed by atoms with Crippen LogP contribution in [0.3, 0.4) is 0 Å². The van der Waals surface area contributed by atoms with E-state index < -0.39 is 11.9 Å². The van der Waals surface area contributed by atoms with Gasteiger partial charge in [0.1, 0.15) is 0 Å². The Labute approximate surface area is 115 Å². The van der Waals surface area contributed by atoms with Crippen molar-refractivity contribution in [3.05, 3.63) is 33.8 Å². The summed E-state index contributed by atoms with van der Waals surface area (Å²) in [6, 6.07) is 4.56.